The summed E-state index contributed by atoms with van der Waals surface area (Å²) in [6.07, 6.45) is 4.77. The van der Waals surface area contributed by atoms with Crippen LogP contribution in [0, 0.1) is 0 Å². The topological polar surface area (TPSA) is 72.4 Å². The minimum Gasteiger partial charge on any atom is -0.396 e. The van der Waals surface area contributed by atoms with Gasteiger partial charge in [-0.25, -0.2) is 4.98 Å². The van der Waals surface area contributed by atoms with Crippen molar-refractivity contribution in [1.82, 2.24) is 9.38 Å². The summed E-state index contributed by atoms with van der Waals surface area (Å²) in [6.45, 7) is 0. The van der Waals surface area contributed by atoms with Gasteiger partial charge in [-0.15, -0.1) is 11.3 Å². The third kappa shape index (κ3) is 3.30. The Morgan fingerprint density at radius 2 is 2.00 bits per heavy atom. The maximum absolute atomic E-state index is 12.0. The zero-order chi connectivity index (χ0) is 16.6. The third-order valence-corrected chi connectivity index (χ3v) is 4.65. The number of hydrogen-bond donors (Lipinski definition) is 2. The summed E-state index contributed by atoms with van der Waals surface area (Å²) in [5, 5.41) is 5.42. The molecule has 0 spiro atoms. The van der Waals surface area contributed by atoms with Gasteiger partial charge in [0.05, 0.1) is 21.4 Å². The monoisotopic (exact) mass is 386 g/mol. The van der Waals surface area contributed by atoms with E-state index in [1.807, 2.05) is 11.6 Å². The Hall–Kier alpha value is -1.73. The van der Waals surface area contributed by atoms with Crippen molar-refractivity contribution >= 4 is 74.5 Å². The van der Waals surface area contributed by atoms with Gasteiger partial charge in [0.25, 0.3) is 0 Å². The summed E-state index contributed by atoms with van der Waals surface area (Å²) in [5.41, 5.74) is 7.00. The zero-order valence-electron chi connectivity index (χ0n) is 11.4. The van der Waals surface area contributed by atoms with Gasteiger partial charge >= 0.3 is 0 Å². The lowest BCUT2D eigenvalue weighted by molar-refractivity contribution is -0.111. The van der Waals surface area contributed by atoms with E-state index < -0.39 is 0 Å². The number of nitrogens with one attached hydrogen (secondary N) is 1. The Bertz CT molecular complexity index is 908. The zero-order valence-corrected chi connectivity index (χ0v) is 14.5. The van der Waals surface area contributed by atoms with Gasteiger partial charge in [-0.1, -0.05) is 34.8 Å². The minimum atomic E-state index is -0.358. The molecule has 3 N–H and O–H groups in total. The van der Waals surface area contributed by atoms with E-state index in [0.29, 0.717) is 16.5 Å². The molecule has 3 aromatic rings. The highest BCUT2D eigenvalue weighted by Crippen LogP contribution is 2.31. The van der Waals surface area contributed by atoms with E-state index in [1.54, 1.807) is 10.5 Å². The minimum absolute atomic E-state index is 0.271. The molecule has 0 atom stereocenters. The average Bonchev–Trinajstić information content (AvgIpc) is 3.03. The fraction of sp³-hybridized carbons (Fsp3) is 0. The van der Waals surface area contributed by atoms with Gasteiger partial charge in [0.1, 0.15) is 0 Å². The van der Waals surface area contributed by atoms with E-state index in [-0.39, 0.29) is 21.6 Å². The first-order valence-electron chi connectivity index (χ1n) is 6.30. The number of amides is 1. The van der Waals surface area contributed by atoms with Crippen molar-refractivity contribution in [1.29, 1.82) is 0 Å². The second-order valence-corrected chi connectivity index (χ2v) is 6.57. The molecule has 0 fully saturated rings. The summed E-state index contributed by atoms with van der Waals surface area (Å²) in [6, 6.07) is 3.05. The first kappa shape index (κ1) is 16.1. The number of benzene rings is 1. The number of aromatic nitrogens is 2. The molecule has 0 aliphatic heterocycles. The number of imidazole rings is 1. The number of carbonyl (C=O) groups excluding carboxylic acids is 1. The molecule has 3 rings (SSSR count). The molecule has 5 nitrogen and oxygen atoms in total. The van der Waals surface area contributed by atoms with Crippen molar-refractivity contribution in [2.75, 3.05) is 11.1 Å². The van der Waals surface area contributed by atoms with Crippen LogP contribution < -0.4 is 11.1 Å². The predicted octanol–water partition coefficient (Wildman–Crippen LogP) is 4.59. The van der Waals surface area contributed by atoms with Crippen LogP contribution in [-0.2, 0) is 4.79 Å². The van der Waals surface area contributed by atoms with Gasteiger partial charge in [-0.05, 0) is 18.2 Å². The lowest BCUT2D eigenvalue weighted by Crippen LogP contribution is -2.08. The molecule has 2 aromatic heterocycles. The molecule has 0 radical (unpaired) electrons. The summed E-state index contributed by atoms with van der Waals surface area (Å²) >= 11 is 19.4. The standard InChI is InChI=1S/C14H9Cl3N4OS/c15-8-5-7(6-9(16)12(8)18)19-11(22)2-1-10-13(17)20-14-21(10)3-4-23-14/h1-6H,18H2,(H,19,22)/b2-1+. The van der Waals surface area contributed by atoms with Crippen molar-refractivity contribution < 1.29 is 4.79 Å². The maximum atomic E-state index is 12.0. The number of nitrogens with zero attached hydrogens (tertiary/aromatic N) is 2. The van der Waals surface area contributed by atoms with Gasteiger partial charge in [0, 0.05) is 23.3 Å². The van der Waals surface area contributed by atoms with Crippen LogP contribution >= 0.6 is 46.1 Å². The number of hydrogen-bond acceptors (Lipinski definition) is 4. The van der Waals surface area contributed by atoms with Crippen molar-refractivity contribution in [3.63, 3.8) is 0 Å². The Morgan fingerprint density at radius 3 is 2.70 bits per heavy atom. The molecular weight excluding hydrogens is 379 g/mol. The van der Waals surface area contributed by atoms with Crippen molar-refractivity contribution in [2.45, 2.75) is 0 Å². The van der Waals surface area contributed by atoms with Crippen LogP contribution in [0.4, 0.5) is 11.4 Å². The molecule has 118 valence electrons. The SMILES string of the molecule is Nc1c(Cl)cc(NC(=O)/C=C/c2c(Cl)nc3sccn23)cc1Cl. The normalized spacial score (nSPS) is 11.4. The lowest BCUT2D eigenvalue weighted by atomic mass is 10.2. The quantitative estimate of drug-likeness (QED) is 0.510. The van der Waals surface area contributed by atoms with E-state index in [0.717, 1.165) is 4.96 Å². The van der Waals surface area contributed by atoms with Gasteiger partial charge in [-0.3, -0.25) is 9.20 Å². The number of nitrogen functional groups attached to an aromatic ring is 1. The van der Waals surface area contributed by atoms with E-state index >= 15 is 0 Å². The number of thiazole rings is 1. The highest BCUT2D eigenvalue weighted by Gasteiger charge is 2.10. The number of nitrogens with two attached hydrogens (primary N) is 1. The molecule has 0 bridgehead atoms. The van der Waals surface area contributed by atoms with Crippen LogP contribution in [0.15, 0.2) is 29.8 Å². The molecule has 0 aliphatic carbocycles. The van der Waals surface area contributed by atoms with Crippen LogP contribution in [0.1, 0.15) is 5.69 Å². The average molecular weight is 388 g/mol. The molecule has 0 saturated carbocycles. The summed E-state index contributed by atoms with van der Waals surface area (Å²) in [5.74, 6) is -0.358. The molecule has 1 amide bonds. The number of fused-ring (bicyclic) bond motifs is 1. The Balaban J connectivity index is 1.79. The molecular formula is C14H9Cl3N4OS. The molecule has 1 aromatic carbocycles. The molecule has 0 unspecified atom stereocenters. The first-order valence-corrected chi connectivity index (χ1v) is 8.31. The van der Waals surface area contributed by atoms with Gasteiger partial charge in [0.15, 0.2) is 10.1 Å². The van der Waals surface area contributed by atoms with E-state index in [9.17, 15) is 4.79 Å². The van der Waals surface area contributed by atoms with E-state index in [2.05, 4.69) is 10.3 Å². The maximum Gasteiger partial charge on any atom is 0.248 e. The number of halogens is 3. The second-order valence-electron chi connectivity index (χ2n) is 4.52. The van der Waals surface area contributed by atoms with Crippen LogP contribution in [0.5, 0.6) is 0 Å². The Kier molecular flexibility index (Phi) is 4.50. The molecule has 23 heavy (non-hydrogen) atoms. The fourth-order valence-corrected chi connectivity index (χ4v) is 3.41. The van der Waals surface area contributed by atoms with Crippen LogP contribution in [0.2, 0.25) is 15.2 Å². The predicted molar refractivity (Wildman–Crippen MR) is 96.6 cm³/mol. The van der Waals surface area contributed by atoms with Crippen molar-refractivity contribution in [2.24, 2.45) is 0 Å². The number of rotatable bonds is 3. The highest BCUT2D eigenvalue weighted by molar-refractivity contribution is 7.15. The largest absolute Gasteiger partial charge is 0.396 e. The first-order chi connectivity index (χ1) is 11.0. The van der Waals surface area contributed by atoms with Gasteiger partial charge in [-0.2, -0.15) is 0 Å². The van der Waals surface area contributed by atoms with Crippen LogP contribution in [0.25, 0.3) is 11.0 Å². The molecule has 9 heteroatoms. The summed E-state index contributed by atoms with van der Waals surface area (Å²) < 4.78 is 1.80. The number of carbonyl (C=O) groups is 1. The van der Waals surface area contributed by atoms with Gasteiger partial charge in [0.2, 0.25) is 5.91 Å². The molecule has 0 saturated heterocycles. The van der Waals surface area contributed by atoms with Crippen molar-refractivity contribution in [3.05, 3.63) is 50.7 Å². The molecule has 2 heterocycles. The van der Waals surface area contributed by atoms with E-state index in [1.165, 1.54) is 29.5 Å². The smallest absolute Gasteiger partial charge is 0.248 e. The molecule has 0 aliphatic rings. The van der Waals surface area contributed by atoms with Gasteiger partial charge < -0.3 is 11.1 Å². The lowest BCUT2D eigenvalue weighted by Gasteiger charge is -2.06. The third-order valence-electron chi connectivity index (χ3n) is 2.99. The van der Waals surface area contributed by atoms with Crippen LogP contribution in [0.3, 0.4) is 0 Å². The fourth-order valence-electron chi connectivity index (χ4n) is 1.92. The van der Waals surface area contributed by atoms with Crippen molar-refractivity contribution in [3.8, 4) is 0 Å². The Morgan fingerprint density at radius 1 is 1.30 bits per heavy atom. The summed E-state index contributed by atoms with van der Waals surface area (Å²) in [4.78, 5) is 17.0. The second kappa shape index (κ2) is 6.41. The van der Waals surface area contributed by atoms with E-state index in [4.69, 9.17) is 40.5 Å². The number of anilines is 2. The van der Waals surface area contributed by atoms with Crippen LogP contribution in [-0.4, -0.2) is 15.3 Å². The Labute approximate surface area is 150 Å². The highest BCUT2D eigenvalue weighted by atomic mass is 35.5. The summed E-state index contributed by atoms with van der Waals surface area (Å²) in [7, 11) is 0.